The highest BCUT2D eigenvalue weighted by Gasteiger charge is 1.94. The maximum Gasteiger partial charge on any atom is -0.0184 e. The summed E-state index contributed by atoms with van der Waals surface area (Å²) in [4.78, 5) is 0. The Hall–Kier alpha value is -1.60. The van der Waals surface area contributed by atoms with E-state index in [0.717, 1.165) is 11.1 Å². The molecule has 0 saturated carbocycles. The summed E-state index contributed by atoms with van der Waals surface area (Å²) in [5, 5.41) is 0. The monoisotopic (exact) mass is 188 g/mol. The molecule has 1 heteroatoms. The lowest BCUT2D eigenvalue weighted by atomic mass is 10.0. The predicted molar refractivity (Wildman–Crippen MR) is 63.0 cm³/mol. The van der Waals surface area contributed by atoms with Gasteiger partial charge >= 0.3 is 0 Å². The summed E-state index contributed by atoms with van der Waals surface area (Å²) in [5.41, 5.74) is 3.34. The molecule has 1 aromatic rings. The smallest absolute Gasteiger partial charge is 0.0184 e. The molecule has 0 aliphatic rings. The SMILES string of the molecule is C=C/C(=C\C(=C)C)c1ccccc1.O. The molecule has 1 aromatic carbocycles. The molecule has 1 rings (SSSR count). The van der Waals surface area contributed by atoms with Crippen molar-refractivity contribution in [2.45, 2.75) is 6.92 Å². The van der Waals surface area contributed by atoms with Crippen LogP contribution in [0.2, 0.25) is 0 Å². The Morgan fingerprint density at radius 2 is 1.79 bits per heavy atom. The standard InChI is InChI=1S/C13H14.H2O/c1-4-12(10-11(2)3)13-8-6-5-7-9-13;/h4-10H,1-2H2,3H3;1H2/b12-10+;. The Bertz CT molecular complexity index is 334. The first kappa shape index (κ1) is 12.4. The van der Waals surface area contributed by atoms with E-state index >= 15 is 0 Å². The third-order valence-corrected chi connectivity index (χ3v) is 1.73. The zero-order chi connectivity index (χ0) is 9.68. The first-order chi connectivity index (χ1) is 6.24. The fraction of sp³-hybridized carbons (Fsp3) is 0.0769. The van der Waals surface area contributed by atoms with Crippen LogP contribution in [-0.2, 0) is 0 Å². The Morgan fingerprint density at radius 1 is 1.21 bits per heavy atom. The highest BCUT2D eigenvalue weighted by atomic mass is 16.0. The van der Waals surface area contributed by atoms with Gasteiger partial charge in [-0.2, -0.15) is 0 Å². The van der Waals surface area contributed by atoms with Crippen LogP contribution in [0.15, 0.2) is 61.2 Å². The van der Waals surface area contributed by atoms with Gasteiger partial charge in [0.1, 0.15) is 0 Å². The van der Waals surface area contributed by atoms with Crippen LogP contribution in [0.5, 0.6) is 0 Å². The Labute approximate surface area is 85.4 Å². The van der Waals surface area contributed by atoms with Gasteiger partial charge in [-0.15, -0.1) is 0 Å². The first-order valence-corrected chi connectivity index (χ1v) is 4.29. The fourth-order valence-corrected chi connectivity index (χ4v) is 1.16. The zero-order valence-corrected chi connectivity index (χ0v) is 8.46. The maximum absolute atomic E-state index is 3.84. The summed E-state index contributed by atoms with van der Waals surface area (Å²) in [5.74, 6) is 0. The molecule has 0 saturated heterocycles. The van der Waals surface area contributed by atoms with E-state index < -0.39 is 0 Å². The fourth-order valence-electron chi connectivity index (χ4n) is 1.16. The molecule has 2 N–H and O–H groups in total. The molecule has 0 amide bonds. The largest absolute Gasteiger partial charge is 0.412 e. The number of hydrogen-bond donors (Lipinski definition) is 0. The molecule has 74 valence electrons. The van der Waals surface area contributed by atoms with Gasteiger partial charge in [0.05, 0.1) is 0 Å². The third kappa shape index (κ3) is 3.42. The Morgan fingerprint density at radius 3 is 2.21 bits per heavy atom. The van der Waals surface area contributed by atoms with Crippen LogP contribution in [0.1, 0.15) is 12.5 Å². The summed E-state index contributed by atoms with van der Waals surface area (Å²) >= 11 is 0. The van der Waals surface area contributed by atoms with Crippen molar-refractivity contribution in [1.82, 2.24) is 0 Å². The van der Waals surface area contributed by atoms with Crippen molar-refractivity contribution in [3.63, 3.8) is 0 Å². The second-order valence-corrected chi connectivity index (χ2v) is 3.02. The average Bonchev–Trinajstić information content (AvgIpc) is 2.15. The van der Waals surface area contributed by atoms with E-state index in [1.165, 1.54) is 5.56 Å². The van der Waals surface area contributed by atoms with Crippen molar-refractivity contribution in [2.24, 2.45) is 0 Å². The molecule has 0 spiro atoms. The van der Waals surface area contributed by atoms with E-state index in [-0.39, 0.29) is 5.48 Å². The second-order valence-electron chi connectivity index (χ2n) is 3.02. The van der Waals surface area contributed by atoms with Crippen LogP contribution < -0.4 is 0 Å². The molecule has 1 nitrogen and oxygen atoms in total. The number of allylic oxidation sites excluding steroid dienone is 4. The minimum absolute atomic E-state index is 0. The lowest BCUT2D eigenvalue weighted by molar-refractivity contribution is 0.824. The van der Waals surface area contributed by atoms with Gasteiger partial charge in [0.15, 0.2) is 0 Å². The van der Waals surface area contributed by atoms with Crippen LogP contribution in [0, 0.1) is 0 Å². The van der Waals surface area contributed by atoms with E-state index in [2.05, 4.69) is 25.3 Å². The van der Waals surface area contributed by atoms with E-state index in [4.69, 9.17) is 0 Å². The number of benzene rings is 1. The quantitative estimate of drug-likeness (QED) is 0.653. The lowest BCUT2D eigenvalue weighted by Gasteiger charge is -2.01. The van der Waals surface area contributed by atoms with Crippen molar-refractivity contribution in [2.75, 3.05) is 0 Å². The van der Waals surface area contributed by atoms with Crippen LogP contribution in [0.25, 0.3) is 5.57 Å². The molecule has 0 unspecified atom stereocenters. The lowest BCUT2D eigenvalue weighted by Crippen LogP contribution is -1.79. The van der Waals surface area contributed by atoms with Crippen LogP contribution in [0.4, 0.5) is 0 Å². The van der Waals surface area contributed by atoms with Gasteiger partial charge < -0.3 is 5.48 Å². The van der Waals surface area contributed by atoms with Crippen molar-refractivity contribution in [1.29, 1.82) is 0 Å². The third-order valence-electron chi connectivity index (χ3n) is 1.73. The van der Waals surface area contributed by atoms with E-state index in [0.29, 0.717) is 0 Å². The zero-order valence-electron chi connectivity index (χ0n) is 8.46. The first-order valence-electron chi connectivity index (χ1n) is 4.29. The van der Waals surface area contributed by atoms with Gasteiger partial charge in [-0.3, -0.25) is 0 Å². The molecule has 0 aliphatic carbocycles. The summed E-state index contributed by atoms with van der Waals surface area (Å²) in [6.45, 7) is 9.60. The van der Waals surface area contributed by atoms with Crippen LogP contribution >= 0.6 is 0 Å². The van der Waals surface area contributed by atoms with Gasteiger partial charge in [-0.25, -0.2) is 0 Å². The molecule has 0 fully saturated rings. The van der Waals surface area contributed by atoms with Crippen molar-refractivity contribution in [3.8, 4) is 0 Å². The highest BCUT2D eigenvalue weighted by Crippen LogP contribution is 2.16. The second kappa shape index (κ2) is 5.95. The van der Waals surface area contributed by atoms with E-state index in [1.807, 2.05) is 37.3 Å². The van der Waals surface area contributed by atoms with E-state index in [9.17, 15) is 0 Å². The molecule has 0 bridgehead atoms. The molecular formula is C13H16O. The molecular weight excluding hydrogens is 172 g/mol. The van der Waals surface area contributed by atoms with Gasteiger partial charge in [-0.05, 0) is 18.1 Å². The Balaban J connectivity index is 0.00000169. The van der Waals surface area contributed by atoms with Crippen molar-refractivity contribution >= 4 is 5.57 Å². The molecule has 0 atom stereocenters. The van der Waals surface area contributed by atoms with Crippen molar-refractivity contribution in [3.05, 3.63) is 66.8 Å². The predicted octanol–water partition coefficient (Wildman–Crippen LogP) is 3.01. The minimum atomic E-state index is 0. The molecule has 0 heterocycles. The molecule has 14 heavy (non-hydrogen) atoms. The van der Waals surface area contributed by atoms with Crippen LogP contribution in [-0.4, -0.2) is 5.48 Å². The number of hydrogen-bond acceptors (Lipinski definition) is 0. The maximum atomic E-state index is 3.84. The van der Waals surface area contributed by atoms with E-state index in [1.54, 1.807) is 0 Å². The molecule has 0 aromatic heterocycles. The topological polar surface area (TPSA) is 31.5 Å². The summed E-state index contributed by atoms with van der Waals surface area (Å²) in [6.07, 6.45) is 3.88. The summed E-state index contributed by atoms with van der Waals surface area (Å²) < 4.78 is 0. The van der Waals surface area contributed by atoms with Crippen molar-refractivity contribution < 1.29 is 5.48 Å². The summed E-state index contributed by atoms with van der Waals surface area (Å²) in [7, 11) is 0. The average molecular weight is 188 g/mol. The van der Waals surface area contributed by atoms with Gasteiger partial charge in [0.2, 0.25) is 0 Å². The Kier molecular flexibility index (Phi) is 5.27. The van der Waals surface area contributed by atoms with Gasteiger partial charge in [0, 0.05) is 0 Å². The van der Waals surface area contributed by atoms with Gasteiger partial charge in [-0.1, -0.05) is 61.2 Å². The normalized spacial score (nSPS) is 10.2. The van der Waals surface area contributed by atoms with Crippen LogP contribution in [0.3, 0.4) is 0 Å². The summed E-state index contributed by atoms with van der Waals surface area (Å²) in [6, 6.07) is 10.2. The minimum Gasteiger partial charge on any atom is -0.412 e. The van der Waals surface area contributed by atoms with Gasteiger partial charge in [0.25, 0.3) is 0 Å². The number of rotatable bonds is 3. The molecule has 0 aliphatic heterocycles. The highest BCUT2D eigenvalue weighted by molar-refractivity contribution is 5.75. The molecule has 0 radical (unpaired) electrons.